The topological polar surface area (TPSA) is 97.4 Å². The summed E-state index contributed by atoms with van der Waals surface area (Å²) in [5.74, 6) is 0.915. The number of carbonyl (C=O) groups excluding carboxylic acids is 3. The molecule has 3 aliphatic rings. The first-order valence-corrected chi connectivity index (χ1v) is 12.4. The molecule has 0 bridgehead atoms. The lowest BCUT2D eigenvalue weighted by Crippen LogP contribution is -2.57. The molecule has 10 heteroatoms. The molecule has 0 radical (unpaired) electrons. The first-order chi connectivity index (χ1) is 16.2. The third kappa shape index (κ3) is 5.39. The van der Waals surface area contributed by atoms with E-state index in [0.29, 0.717) is 29.5 Å². The van der Waals surface area contributed by atoms with E-state index < -0.39 is 0 Å². The summed E-state index contributed by atoms with van der Waals surface area (Å²) in [6.07, 6.45) is 1.79. The van der Waals surface area contributed by atoms with Crippen LogP contribution in [-0.4, -0.2) is 78.1 Å². The highest BCUT2D eigenvalue weighted by Crippen LogP contribution is 2.36. The van der Waals surface area contributed by atoms with Crippen LogP contribution < -0.4 is 14.8 Å². The lowest BCUT2D eigenvalue weighted by Gasteiger charge is -2.41. The van der Waals surface area contributed by atoms with Crippen molar-refractivity contribution < 1.29 is 28.6 Å². The minimum Gasteiger partial charge on any atom is -0.454 e. The van der Waals surface area contributed by atoms with Crippen LogP contribution in [0.5, 0.6) is 11.5 Å². The summed E-state index contributed by atoms with van der Waals surface area (Å²) in [7, 11) is 0. The monoisotopic (exact) mass is 489 g/mol. The maximum atomic E-state index is 13.0. The number of fused-ring (bicyclic) bond motifs is 1. The molecule has 0 aliphatic carbocycles. The number of imide groups is 1. The molecule has 9 nitrogen and oxygen atoms in total. The van der Waals surface area contributed by atoms with E-state index in [0.717, 1.165) is 17.3 Å². The second-order valence-corrected chi connectivity index (χ2v) is 10.1. The normalized spacial score (nSPS) is 24.9. The van der Waals surface area contributed by atoms with Crippen LogP contribution in [0.3, 0.4) is 0 Å². The van der Waals surface area contributed by atoms with Crippen molar-refractivity contribution in [3.63, 3.8) is 0 Å². The first kappa shape index (κ1) is 24.6. The fourth-order valence-corrected chi connectivity index (χ4v) is 5.44. The number of carbonyl (C=O) groups is 3. The number of hydrogen-bond donors (Lipinski definition) is 1. The zero-order valence-electron chi connectivity index (χ0n) is 19.9. The number of thioether (sulfide) groups is 1. The van der Waals surface area contributed by atoms with Gasteiger partial charge in [0.05, 0.1) is 23.2 Å². The van der Waals surface area contributed by atoms with Gasteiger partial charge < -0.3 is 19.5 Å². The zero-order chi connectivity index (χ0) is 24.4. The molecule has 3 aliphatic heterocycles. The van der Waals surface area contributed by atoms with Crippen LogP contribution in [0.15, 0.2) is 23.1 Å². The maximum absolute atomic E-state index is 13.0. The van der Waals surface area contributed by atoms with Crippen molar-refractivity contribution in [3.05, 3.63) is 28.7 Å². The third-order valence-electron chi connectivity index (χ3n) is 5.94. The molecule has 34 heavy (non-hydrogen) atoms. The maximum Gasteiger partial charge on any atom is 0.293 e. The Morgan fingerprint density at radius 3 is 2.59 bits per heavy atom. The van der Waals surface area contributed by atoms with Crippen molar-refractivity contribution >= 4 is 34.9 Å². The van der Waals surface area contributed by atoms with Gasteiger partial charge in [-0.15, -0.1) is 0 Å². The Bertz CT molecular complexity index is 987. The van der Waals surface area contributed by atoms with E-state index in [1.165, 1.54) is 4.90 Å². The molecule has 4 rings (SSSR count). The minimum absolute atomic E-state index is 0.0598. The van der Waals surface area contributed by atoms with Crippen LogP contribution in [0, 0.1) is 5.92 Å². The molecule has 1 aromatic carbocycles. The van der Waals surface area contributed by atoms with Crippen molar-refractivity contribution in [1.29, 1.82) is 0 Å². The SMILES string of the molecule is CC1CN(C(C(=O)NCCN2C(=O)S/C(=C/c3ccc4c(c3)OCO4)C2=O)C(C)C)CC(C)O1. The van der Waals surface area contributed by atoms with Gasteiger partial charge in [-0.3, -0.25) is 24.2 Å². The van der Waals surface area contributed by atoms with Crippen molar-refractivity contribution in [3.8, 4) is 11.5 Å². The Hall–Kier alpha value is -2.56. The van der Waals surface area contributed by atoms with Gasteiger partial charge in [-0.05, 0) is 55.3 Å². The minimum atomic E-state index is -0.363. The van der Waals surface area contributed by atoms with Gasteiger partial charge in [0.25, 0.3) is 11.1 Å². The van der Waals surface area contributed by atoms with E-state index in [1.807, 2.05) is 27.7 Å². The van der Waals surface area contributed by atoms with Gasteiger partial charge in [-0.1, -0.05) is 19.9 Å². The fraction of sp³-hybridized carbons (Fsp3) is 0.542. The van der Waals surface area contributed by atoms with Crippen LogP contribution in [-0.2, 0) is 14.3 Å². The average Bonchev–Trinajstić information content (AvgIpc) is 3.32. The molecule has 3 unspecified atom stereocenters. The standard InChI is InChI=1S/C24H31N3O6S/c1-14(2)21(26-11-15(3)33-16(4)12-26)22(28)25-7-8-27-23(29)20(34-24(27)30)10-17-5-6-18-19(9-17)32-13-31-18/h5-6,9-10,14-16,21H,7-8,11-13H2,1-4H3,(H,25,28)/b20-10+. The lowest BCUT2D eigenvalue weighted by molar-refractivity contribution is -0.135. The Morgan fingerprint density at radius 2 is 1.88 bits per heavy atom. The molecule has 3 atom stereocenters. The Morgan fingerprint density at radius 1 is 1.18 bits per heavy atom. The average molecular weight is 490 g/mol. The molecule has 3 heterocycles. The Kier molecular flexibility index (Phi) is 7.49. The highest BCUT2D eigenvalue weighted by Gasteiger charge is 2.36. The van der Waals surface area contributed by atoms with E-state index in [2.05, 4.69) is 10.2 Å². The Balaban J connectivity index is 1.34. The van der Waals surface area contributed by atoms with Gasteiger partial charge in [0.1, 0.15) is 0 Å². The zero-order valence-corrected chi connectivity index (χ0v) is 20.7. The molecule has 1 N–H and O–H groups in total. The van der Waals surface area contributed by atoms with Crippen molar-refractivity contribution in [2.75, 3.05) is 33.0 Å². The highest BCUT2D eigenvalue weighted by atomic mass is 32.2. The number of benzene rings is 1. The van der Waals surface area contributed by atoms with Gasteiger partial charge in [0.15, 0.2) is 11.5 Å². The van der Waals surface area contributed by atoms with Gasteiger partial charge in [-0.25, -0.2) is 0 Å². The van der Waals surface area contributed by atoms with Gasteiger partial charge in [0.2, 0.25) is 12.7 Å². The number of ether oxygens (including phenoxy) is 3. The highest BCUT2D eigenvalue weighted by molar-refractivity contribution is 8.18. The summed E-state index contributed by atoms with van der Waals surface area (Å²) in [4.78, 5) is 42.0. The molecule has 184 valence electrons. The second kappa shape index (κ2) is 10.4. The van der Waals surface area contributed by atoms with Crippen molar-refractivity contribution in [1.82, 2.24) is 15.1 Å². The van der Waals surface area contributed by atoms with E-state index in [9.17, 15) is 14.4 Å². The van der Waals surface area contributed by atoms with Crippen LogP contribution in [0.4, 0.5) is 4.79 Å². The molecule has 2 saturated heterocycles. The number of hydrogen-bond acceptors (Lipinski definition) is 8. The fourth-order valence-electron chi connectivity index (χ4n) is 4.58. The van der Waals surface area contributed by atoms with E-state index >= 15 is 0 Å². The van der Waals surface area contributed by atoms with E-state index in [4.69, 9.17) is 14.2 Å². The summed E-state index contributed by atoms with van der Waals surface area (Å²) in [5.41, 5.74) is 0.747. The van der Waals surface area contributed by atoms with Gasteiger partial charge in [0, 0.05) is 26.2 Å². The largest absolute Gasteiger partial charge is 0.454 e. The molecule has 0 aromatic heterocycles. The van der Waals surface area contributed by atoms with Crippen LogP contribution in [0.2, 0.25) is 0 Å². The number of nitrogens with zero attached hydrogens (tertiary/aromatic N) is 2. The smallest absolute Gasteiger partial charge is 0.293 e. The van der Waals surface area contributed by atoms with Crippen LogP contribution >= 0.6 is 11.8 Å². The van der Waals surface area contributed by atoms with Gasteiger partial charge >= 0.3 is 0 Å². The lowest BCUT2D eigenvalue weighted by atomic mass is 9.99. The summed E-state index contributed by atoms with van der Waals surface area (Å²) < 4.78 is 16.5. The van der Waals surface area contributed by atoms with E-state index in [-0.39, 0.29) is 61.1 Å². The predicted octanol–water partition coefficient (Wildman–Crippen LogP) is 2.70. The van der Waals surface area contributed by atoms with Crippen molar-refractivity contribution in [2.24, 2.45) is 5.92 Å². The molecule has 0 saturated carbocycles. The second-order valence-electron chi connectivity index (χ2n) is 9.14. The molecule has 0 spiro atoms. The third-order valence-corrected chi connectivity index (χ3v) is 6.85. The molecule has 3 amide bonds. The summed E-state index contributed by atoms with van der Waals surface area (Å²) in [5, 5.41) is 2.58. The van der Waals surface area contributed by atoms with Gasteiger partial charge in [-0.2, -0.15) is 0 Å². The number of rotatable bonds is 7. The van der Waals surface area contributed by atoms with Crippen molar-refractivity contribution in [2.45, 2.75) is 45.9 Å². The quantitative estimate of drug-likeness (QED) is 0.584. The molecule has 2 fully saturated rings. The summed E-state index contributed by atoms with van der Waals surface area (Å²) in [6.45, 7) is 9.93. The summed E-state index contributed by atoms with van der Waals surface area (Å²) >= 11 is 0.895. The van der Waals surface area contributed by atoms with Crippen LogP contribution in [0.25, 0.3) is 6.08 Å². The van der Waals surface area contributed by atoms with Crippen LogP contribution in [0.1, 0.15) is 33.3 Å². The Labute approximate surface area is 203 Å². The number of nitrogens with one attached hydrogen (secondary N) is 1. The molecule has 1 aromatic rings. The van der Waals surface area contributed by atoms with E-state index in [1.54, 1.807) is 24.3 Å². The first-order valence-electron chi connectivity index (χ1n) is 11.5. The number of morpholine rings is 1. The predicted molar refractivity (Wildman–Crippen MR) is 128 cm³/mol. The molecular weight excluding hydrogens is 458 g/mol. The number of amides is 3. The molecular formula is C24H31N3O6S. The summed E-state index contributed by atoms with van der Waals surface area (Å²) in [6, 6.07) is 5.06.